The first-order chi connectivity index (χ1) is 15.3. The summed E-state index contributed by atoms with van der Waals surface area (Å²) >= 11 is 6.20. The Bertz CT molecular complexity index is 1150. The molecule has 4 N–H and O–H groups in total. The van der Waals surface area contributed by atoms with Crippen LogP contribution >= 0.6 is 11.6 Å². The van der Waals surface area contributed by atoms with E-state index in [1.165, 1.54) is 4.90 Å². The predicted molar refractivity (Wildman–Crippen MR) is 116 cm³/mol. The number of benzene rings is 2. The number of nitrogens with zero attached hydrogens (tertiary/aromatic N) is 1. The van der Waals surface area contributed by atoms with Gasteiger partial charge in [0.1, 0.15) is 5.54 Å². The van der Waals surface area contributed by atoms with Gasteiger partial charge in [0, 0.05) is 35.3 Å². The number of hydrogen-bond acceptors (Lipinski definition) is 5. The van der Waals surface area contributed by atoms with Crippen LogP contribution in [0.4, 0.5) is 5.69 Å². The summed E-state index contributed by atoms with van der Waals surface area (Å²) in [5, 5.41) is 6.34. The van der Waals surface area contributed by atoms with E-state index in [1.54, 1.807) is 18.2 Å². The lowest BCUT2D eigenvalue weighted by molar-refractivity contribution is -0.142. The Kier molecular flexibility index (Phi) is 4.79. The normalized spacial score (nSPS) is 28.2. The number of nitrogens with two attached hydrogens (primary N) is 1. The first-order valence-electron chi connectivity index (χ1n) is 10.4. The van der Waals surface area contributed by atoms with Crippen LogP contribution in [0, 0.1) is 11.8 Å². The molecule has 32 heavy (non-hydrogen) atoms. The maximum absolute atomic E-state index is 13.6. The zero-order chi connectivity index (χ0) is 22.6. The fourth-order valence-corrected chi connectivity index (χ4v) is 5.50. The molecule has 3 aliphatic rings. The SMILES string of the molecule is NC(=O)C[C@@H]1N[C@@]2(C(=O)Nc3ccc(Cl)cc32)[C@@H]2C(=O)N(CCc3ccccc3)C(=O)[C@H]12. The summed E-state index contributed by atoms with van der Waals surface area (Å²) in [5.74, 6) is -3.75. The first-order valence-corrected chi connectivity index (χ1v) is 10.8. The van der Waals surface area contributed by atoms with E-state index in [9.17, 15) is 19.2 Å². The average Bonchev–Trinajstić information content (AvgIpc) is 3.32. The van der Waals surface area contributed by atoms with Crippen molar-refractivity contribution in [2.75, 3.05) is 11.9 Å². The first kappa shape index (κ1) is 20.7. The molecule has 0 saturated carbocycles. The largest absolute Gasteiger partial charge is 0.370 e. The van der Waals surface area contributed by atoms with Crippen LogP contribution in [0.5, 0.6) is 0 Å². The van der Waals surface area contributed by atoms with Gasteiger partial charge >= 0.3 is 0 Å². The van der Waals surface area contributed by atoms with Crippen molar-refractivity contribution in [1.29, 1.82) is 0 Å². The van der Waals surface area contributed by atoms with Crippen LogP contribution in [0.15, 0.2) is 48.5 Å². The molecule has 0 aliphatic carbocycles. The van der Waals surface area contributed by atoms with Crippen LogP contribution in [-0.4, -0.2) is 41.1 Å². The molecule has 3 heterocycles. The van der Waals surface area contributed by atoms with Crippen LogP contribution in [-0.2, 0) is 31.1 Å². The van der Waals surface area contributed by atoms with Gasteiger partial charge in [0.15, 0.2) is 0 Å². The standard InChI is InChI=1S/C23H21ClN4O4/c24-13-6-7-15-14(10-13)23(22(32)26-15)19-18(16(27-23)11-17(25)29)20(30)28(21(19)31)9-8-12-4-2-1-3-5-12/h1-7,10,16,18-19,27H,8-9,11H2,(H2,25,29)(H,26,32)/t16-,18+,19-,23+/m0/s1. The second kappa shape index (κ2) is 7.43. The highest BCUT2D eigenvalue weighted by Crippen LogP contribution is 2.53. The Morgan fingerprint density at radius 2 is 1.84 bits per heavy atom. The molecule has 9 heteroatoms. The highest BCUT2D eigenvalue weighted by Gasteiger charge is 2.70. The summed E-state index contributed by atoms with van der Waals surface area (Å²) in [6.45, 7) is 0.193. The predicted octanol–water partition coefficient (Wildman–Crippen LogP) is 1.18. The molecule has 4 amide bonds. The molecular formula is C23H21ClN4O4. The molecule has 0 aromatic heterocycles. The molecule has 2 fully saturated rings. The molecule has 0 radical (unpaired) electrons. The Morgan fingerprint density at radius 1 is 1.09 bits per heavy atom. The van der Waals surface area contributed by atoms with Crippen molar-refractivity contribution >= 4 is 40.9 Å². The van der Waals surface area contributed by atoms with Gasteiger partial charge in [0.25, 0.3) is 0 Å². The van der Waals surface area contributed by atoms with E-state index in [2.05, 4.69) is 10.6 Å². The molecule has 2 aromatic carbocycles. The number of nitrogens with one attached hydrogen (secondary N) is 2. The van der Waals surface area contributed by atoms with Crippen molar-refractivity contribution in [1.82, 2.24) is 10.2 Å². The average molecular weight is 453 g/mol. The minimum atomic E-state index is -1.49. The number of anilines is 1. The smallest absolute Gasteiger partial charge is 0.250 e. The molecular weight excluding hydrogens is 432 g/mol. The number of rotatable bonds is 5. The minimum Gasteiger partial charge on any atom is -0.370 e. The molecule has 3 aliphatic heterocycles. The van der Waals surface area contributed by atoms with E-state index in [-0.39, 0.29) is 13.0 Å². The van der Waals surface area contributed by atoms with Gasteiger partial charge in [-0.05, 0) is 30.2 Å². The Balaban J connectivity index is 1.55. The van der Waals surface area contributed by atoms with Gasteiger partial charge in [0.05, 0.1) is 11.8 Å². The van der Waals surface area contributed by atoms with Crippen molar-refractivity contribution in [3.63, 3.8) is 0 Å². The van der Waals surface area contributed by atoms with Gasteiger partial charge in [-0.3, -0.25) is 29.4 Å². The lowest BCUT2D eigenvalue weighted by atomic mass is 9.76. The number of carbonyl (C=O) groups excluding carboxylic acids is 4. The monoisotopic (exact) mass is 452 g/mol. The number of likely N-dealkylation sites (tertiary alicyclic amines) is 1. The van der Waals surface area contributed by atoms with Crippen LogP contribution < -0.4 is 16.4 Å². The van der Waals surface area contributed by atoms with Gasteiger partial charge in [-0.15, -0.1) is 0 Å². The van der Waals surface area contributed by atoms with Crippen LogP contribution in [0.2, 0.25) is 5.02 Å². The van der Waals surface area contributed by atoms with Gasteiger partial charge < -0.3 is 11.1 Å². The van der Waals surface area contributed by atoms with Crippen molar-refractivity contribution < 1.29 is 19.2 Å². The van der Waals surface area contributed by atoms with Gasteiger partial charge in [-0.1, -0.05) is 41.9 Å². The van der Waals surface area contributed by atoms with E-state index >= 15 is 0 Å². The number of carbonyl (C=O) groups is 4. The highest BCUT2D eigenvalue weighted by atomic mass is 35.5. The highest BCUT2D eigenvalue weighted by molar-refractivity contribution is 6.31. The van der Waals surface area contributed by atoms with E-state index in [4.69, 9.17) is 17.3 Å². The third-order valence-electron chi connectivity index (χ3n) is 6.66. The van der Waals surface area contributed by atoms with Gasteiger partial charge in [-0.25, -0.2) is 0 Å². The summed E-state index contributed by atoms with van der Waals surface area (Å²) in [6, 6.07) is 13.7. The molecule has 164 valence electrons. The summed E-state index contributed by atoms with van der Waals surface area (Å²) in [5.41, 5.74) is 5.96. The fraction of sp³-hybridized carbons (Fsp3) is 0.304. The van der Waals surface area contributed by atoms with Crippen LogP contribution in [0.1, 0.15) is 17.5 Å². The molecule has 4 atom stereocenters. The molecule has 1 spiro atoms. The third-order valence-corrected chi connectivity index (χ3v) is 6.89. The Hall–Kier alpha value is -3.23. The molecule has 8 nitrogen and oxygen atoms in total. The number of hydrogen-bond donors (Lipinski definition) is 3. The van der Waals surface area contributed by atoms with Gasteiger partial charge in [-0.2, -0.15) is 0 Å². The van der Waals surface area contributed by atoms with Crippen molar-refractivity contribution in [3.05, 3.63) is 64.7 Å². The summed E-state index contributed by atoms with van der Waals surface area (Å²) < 4.78 is 0. The maximum atomic E-state index is 13.6. The number of imide groups is 1. The Morgan fingerprint density at radius 3 is 2.56 bits per heavy atom. The quantitative estimate of drug-likeness (QED) is 0.588. The van der Waals surface area contributed by atoms with Crippen molar-refractivity contribution in [2.45, 2.75) is 24.4 Å². The number of halogens is 1. The zero-order valence-corrected chi connectivity index (χ0v) is 17.8. The van der Waals surface area contributed by atoms with Crippen LogP contribution in [0.25, 0.3) is 0 Å². The number of primary amides is 1. The molecule has 0 bridgehead atoms. The van der Waals surface area contributed by atoms with E-state index in [1.807, 2.05) is 30.3 Å². The zero-order valence-electron chi connectivity index (χ0n) is 17.0. The van der Waals surface area contributed by atoms with Crippen LogP contribution in [0.3, 0.4) is 0 Å². The molecule has 5 rings (SSSR count). The lowest BCUT2D eigenvalue weighted by Crippen LogP contribution is -2.53. The second-order valence-corrected chi connectivity index (χ2v) is 8.88. The molecule has 0 unspecified atom stereocenters. The maximum Gasteiger partial charge on any atom is 0.250 e. The molecule has 2 aromatic rings. The Labute approximate surface area is 189 Å². The number of fused-ring (bicyclic) bond motifs is 4. The van der Waals surface area contributed by atoms with E-state index < -0.39 is 47.0 Å². The van der Waals surface area contributed by atoms with Gasteiger partial charge in [0.2, 0.25) is 23.6 Å². The van der Waals surface area contributed by atoms with Crippen molar-refractivity contribution in [3.8, 4) is 0 Å². The van der Waals surface area contributed by atoms with E-state index in [0.29, 0.717) is 22.7 Å². The summed E-state index contributed by atoms with van der Waals surface area (Å²) in [7, 11) is 0. The topological polar surface area (TPSA) is 122 Å². The fourth-order valence-electron chi connectivity index (χ4n) is 5.33. The summed E-state index contributed by atoms with van der Waals surface area (Å²) in [4.78, 5) is 53.2. The third kappa shape index (κ3) is 2.94. The van der Waals surface area contributed by atoms with Crippen molar-refractivity contribution in [2.24, 2.45) is 17.6 Å². The minimum absolute atomic E-state index is 0.169. The molecule has 2 saturated heterocycles. The lowest BCUT2D eigenvalue weighted by Gasteiger charge is -2.29. The number of amides is 4. The van der Waals surface area contributed by atoms with E-state index in [0.717, 1.165) is 5.56 Å². The summed E-state index contributed by atoms with van der Waals surface area (Å²) in [6.07, 6.45) is 0.324. The second-order valence-electron chi connectivity index (χ2n) is 8.44.